The molecule has 1 rings (SSSR count). The lowest BCUT2D eigenvalue weighted by atomic mass is 10.1. The van der Waals surface area contributed by atoms with Crippen molar-refractivity contribution in [3.05, 3.63) is 12.3 Å². The van der Waals surface area contributed by atoms with Crippen molar-refractivity contribution in [2.45, 2.75) is 39.1 Å². The van der Waals surface area contributed by atoms with E-state index in [0.717, 1.165) is 0 Å². The Morgan fingerprint density at radius 2 is 1.92 bits per heavy atom. The van der Waals surface area contributed by atoms with E-state index in [-0.39, 0.29) is 18.3 Å². The van der Waals surface area contributed by atoms with Crippen LogP contribution in [0.15, 0.2) is 12.3 Å². The lowest BCUT2D eigenvalue weighted by Crippen LogP contribution is -2.42. The van der Waals surface area contributed by atoms with E-state index in [9.17, 15) is 0 Å². The molecule has 13 heavy (non-hydrogen) atoms. The highest BCUT2D eigenvalue weighted by atomic mass is 16.6. The van der Waals surface area contributed by atoms with E-state index < -0.39 is 0 Å². The van der Waals surface area contributed by atoms with E-state index >= 15 is 0 Å². The Morgan fingerprint density at radius 1 is 1.23 bits per heavy atom. The van der Waals surface area contributed by atoms with E-state index in [2.05, 4.69) is 0 Å². The molecule has 0 spiro atoms. The van der Waals surface area contributed by atoms with Crippen LogP contribution in [0.2, 0.25) is 0 Å². The first-order valence-corrected chi connectivity index (χ1v) is 4.85. The first kappa shape index (κ1) is 10.5. The number of rotatable bonds is 4. The van der Waals surface area contributed by atoms with Crippen molar-refractivity contribution >= 4 is 0 Å². The minimum atomic E-state index is 0.0231. The summed E-state index contributed by atoms with van der Waals surface area (Å²) in [5.41, 5.74) is 0. The molecule has 76 valence electrons. The fourth-order valence-electron chi connectivity index (χ4n) is 1.47. The average molecular weight is 186 g/mol. The zero-order valence-electron chi connectivity index (χ0n) is 8.53. The monoisotopic (exact) mass is 186 g/mol. The molecule has 1 aliphatic rings. The molecule has 0 aromatic carbocycles. The molecule has 3 nitrogen and oxygen atoms in total. The second kappa shape index (κ2) is 5.25. The summed E-state index contributed by atoms with van der Waals surface area (Å²) in [6, 6.07) is 0. The van der Waals surface area contributed by atoms with E-state index in [4.69, 9.17) is 14.2 Å². The van der Waals surface area contributed by atoms with Crippen molar-refractivity contribution in [1.29, 1.82) is 0 Å². The highest BCUT2D eigenvalue weighted by Gasteiger charge is 2.29. The molecule has 0 bridgehead atoms. The van der Waals surface area contributed by atoms with Crippen LogP contribution in [0.25, 0.3) is 0 Å². The van der Waals surface area contributed by atoms with Gasteiger partial charge in [0.15, 0.2) is 0 Å². The quantitative estimate of drug-likeness (QED) is 0.669. The van der Waals surface area contributed by atoms with Gasteiger partial charge in [-0.2, -0.15) is 0 Å². The molecule has 0 aromatic heterocycles. The largest absolute Gasteiger partial charge is 0.496 e. The van der Waals surface area contributed by atoms with E-state index in [1.165, 1.54) is 0 Å². The summed E-state index contributed by atoms with van der Waals surface area (Å²) in [5, 5.41) is 0. The van der Waals surface area contributed by atoms with Crippen molar-refractivity contribution < 1.29 is 14.2 Å². The predicted molar refractivity (Wildman–Crippen MR) is 50.5 cm³/mol. The Kier molecular flexibility index (Phi) is 4.25. The molecule has 0 saturated heterocycles. The van der Waals surface area contributed by atoms with Crippen LogP contribution in [0.5, 0.6) is 0 Å². The average Bonchev–Trinajstić information content (AvgIpc) is 2.11. The van der Waals surface area contributed by atoms with E-state index in [1.807, 2.05) is 26.8 Å². The molecule has 0 amide bonds. The molecule has 1 heterocycles. The third kappa shape index (κ3) is 2.71. The molecule has 0 aliphatic carbocycles. The zero-order valence-corrected chi connectivity index (χ0v) is 8.53. The fraction of sp³-hybridized carbons (Fsp3) is 0.800. The van der Waals surface area contributed by atoms with Gasteiger partial charge in [0.1, 0.15) is 18.3 Å². The molecule has 1 aliphatic heterocycles. The van der Waals surface area contributed by atoms with Crippen LogP contribution < -0.4 is 0 Å². The van der Waals surface area contributed by atoms with Gasteiger partial charge in [-0.25, -0.2) is 0 Å². The molecule has 0 fully saturated rings. The first-order chi connectivity index (χ1) is 6.29. The Bertz CT molecular complexity index is 168. The minimum absolute atomic E-state index is 0.0231. The summed E-state index contributed by atoms with van der Waals surface area (Å²) >= 11 is 0. The van der Waals surface area contributed by atoms with Gasteiger partial charge >= 0.3 is 0 Å². The Morgan fingerprint density at radius 3 is 2.54 bits per heavy atom. The van der Waals surface area contributed by atoms with Gasteiger partial charge in [0, 0.05) is 13.2 Å². The highest BCUT2D eigenvalue weighted by Crippen LogP contribution is 2.18. The van der Waals surface area contributed by atoms with Gasteiger partial charge in [-0.1, -0.05) is 0 Å². The lowest BCUT2D eigenvalue weighted by molar-refractivity contribution is -0.110. The molecule has 0 aromatic rings. The Labute approximate surface area is 79.7 Å². The number of hydrogen-bond donors (Lipinski definition) is 0. The van der Waals surface area contributed by atoms with Gasteiger partial charge in [0.25, 0.3) is 0 Å². The third-order valence-corrected chi connectivity index (χ3v) is 2.07. The second-order valence-electron chi connectivity index (χ2n) is 3.01. The predicted octanol–water partition coefficient (Wildman–Crippen LogP) is 1.73. The lowest BCUT2D eigenvalue weighted by Gasteiger charge is -2.32. The summed E-state index contributed by atoms with van der Waals surface area (Å²) in [6.45, 7) is 7.35. The van der Waals surface area contributed by atoms with Crippen LogP contribution in [0.3, 0.4) is 0 Å². The van der Waals surface area contributed by atoms with Crippen LogP contribution in [-0.2, 0) is 14.2 Å². The molecule has 0 N–H and O–H groups in total. The van der Waals surface area contributed by atoms with Gasteiger partial charge in [0.2, 0.25) is 0 Å². The molecule has 3 heteroatoms. The third-order valence-electron chi connectivity index (χ3n) is 2.07. The summed E-state index contributed by atoms with van der Waals surface area (Å²) in [6.07, 6.45) is 3.73. The second-order valence-corrected chi connectivity index (χ2v) is 3.01. The first-order valence-electron chi connectivity index (χ1n) is 4.85. The van der Waals surface area contributed by atoms with Crippen molar-refractivity contribution in [2.24, 2.45) is 0 Å². The number of hydrogen-bond acceptors (Lipinski definition) is 3. The maximum Gasteiger partial charge on any atom is 0.124 e. The molecule has 0 saturated carbocycles. The van der Waals surface area contributed by atoms with Crippen LogP contribution in [0.1, 0.15) is 20.8 Å². The van der Waals surface area contributed by atoms with E-state index in [0.29, 0.717) is 13.2 Å². The molecule has 3 atom stereocenters. The van der Waals surface area contributed by atoms with Crippen molar-refractivity contribution in [3.63, 3.8) is 0 Å². The maximum absolute atomic E-state index is 5.56. The smallest absolute Gasteiger partial charge is 0.124 e. The summed E-state index contributed by atoms with van der Waals surface area (Å²) in [7, 11) is 0. The molecule has 0 radical (unpaired) electrons. The summed E-state index contributed by atoms with van der Waals surface area (Å²) < 4.78 is 16.4. The van der Waals surface area contributed by atoms with Crippen LogP contribution in [0, 0.1) is 0 Å². The van der Waals surface area contributed by atoms with Crippen molar-refractivity contribution in [2.75, 3.05) is 13.2 Å². The maximum atomic E-state index is 5.56. The molecular formula is C10H18O3. The zero-order chi connectivity index (χ0) is 9.68. The standard InChI is InChI=1S/C10H18O3/c1-4-11-9-6-7-13-8(3)10(9)12-5-2/h6-10H,4-5H2,1-3H3/t8-,9-,10-/m0/s1. The van der Waals surface area contributed by atoms with E-state index in [1.54, 1.807) is 6.26 Å². The van der Waals surface area contributed by atoms with Gasteiger partial charge in [-0.3, -0.25) is 0 Å². The Hall–Kier alpha value is -0.540. The fourth-order valence-corrected chi connectivity index (χ4v) is 1.47. The topological polar surface area (TPSA) is 27.7 Å². The minimum Gasteiger partial charge on any atom is -0.496 e. The summed E-state index contributed by atoms with van der Waals surface area (Å²) in [4.78, 5) is 0. The van der Waals surface area contributed by atoms with Gasteiger partial charge in [-0.05, 0) is 26.8 Å². The van der Waals surface area contributed by atoms with Crippen molar-refractivity contribution in [1.82, 2.24) is 0 Å². The van der Waals surface area contributed by atoms with Gasteiger partial charge in [-0.15, -0.1) is 0 Å². The number of ether oxygens (including phenoxy) is 3. The van der Waals surface area contributed by atoms with Gasteiger partial charge in [0.05, 0.1) is 6.26 Å². The Balaban J connectivity index is 2.55. The van der Waals surface area contributed by atoms with Crippen LogP contribution in [-0.4, -0.2) is 31.5 Å². The molecular weight excluding hydrogens is 168 g/mol. The van der Waals surface area contributed by atoms with Crippen molar-refractivity contribution in [3.8, 4) is 0 Å². The summed E-state index contributed by atoms with van der Waals surface area (Å²) in [5.74, 6) is 0. The van der Waals surface area contributed by atoms with Crippen LogP contribution >= 0.6 is 0 Å². The SMILES string of the molecule is CCO[C@H]1[C@H](C)OC=C[C@@H]1OCC. The normalized spacial score (nSPS) is 33.0. The highest BCUT2D eigenvalue weighted by molar-refractivity contribution is 4.97. The van der Waals surface area contributed by atoms with Crippen LogP contribution in [0.4, 0.5) is 0 Å². The van der Waals surface area contributed by atoms with Gasteiger partial charge < -0.3 is 14.2 Å². The molecule has 0 unspecified atom stereocenters.